The molecule has 0 aliphatic rings. The molecular weight excluding hydrogens is 240 g/mol. The van der Waals surface area contributed by atoms with Crippen LogP contribution in [-0.4, -0.2) is 24.5 Å². The van der Waals surface area contributed by atoms with E-state index >= 15 is 0 Å². The molecule has 96 valence electrons. The maximum absolute atomic E-state index is 13.3. The van der Waals surface area contributed by atoms with Crippen LogP contribution < -0.4 is 5.32 Å². The van der Waals surface area contributed by atoms with Crippen molar-refractivity contribution in [1.29, 1.82) is 5.26 Å². The lowest BCUT2D eigenvalue weighted by atomic mass is 10.2. The lowest BCUT2D eigenvalue weighted by molar-refractivity contribution is 0.219. The van der Waals surface area contributed by atoms with Gasteiger partial charge in [0.05, 0.1) is 17.7 Å². The Hall–Kier alpha value is -2.16. The molecule has 6 heteroatoms. The Bertz CT molecular complexity index is 485. The van der Waals surface area contributed by atoms with Crippen molar-refractivity contribution in [3.63, 3.8) is 0 Å². The average molecular weight is 253 g/mol. The number of nitriles is 1. The highest BCUT2D eigenvalue weighted by Gasteiger charge is 2.14. The van der Waals surface area contributed by atoms with Crippen molar-refractivity contribution in [3.05, 3.63) is 29.8 Å². The second-order valence-electron chi connectivity index (χ2n) is 3.96. The minimum absolute atomic E-state index is 0.0992. The minimum Gasteiger partial charge on any atom is -0.326 e. The number of benzene rings is 1. The molecule has 0 saturated heterocycles. The fourth-order valence-corrected chi connectivity index (χ4v) is 1.34. The summed E-state index contributed by atoms with van der Waals surface area (Å²) in [6, 6.07) is 4.32. The van der Waals surface area contributed by atoms with Crippen LogP contribution in [0.2, 0.25) is 0 Å². The fourth-order valence-electron chi connectivity index (χ4n) is 1.34. The van der Waals surface area contributed by atoms with Crippen LogP contribution in [0.25, 0.3) is 0 Å². The van der Waals surface area contributed by atoms with Crippen LogP contribution in [0.1, 0.15) is 6.92 Å². The summed E-state index contributed by atoms with van der Waals surface area (Å²) in [6.07, 6.45) is 0. The first kappa shape index (κ1) is 13.9. The SMILES string of the molecule is CC(C#N)CN(C)C(=O)Nc1ccc(F)cc1F. The highest BCUT2D eigenvalue weighted by atomic mass is 19.1. The molecule has 1 N–H and O–H groups in total. The average Bonchev–Trinajstić information content (AvgIpc) is 2.32. The Kier molecular flexibility index (Phi) is 4.60. The van der Waals surface area contributed by atoms with E-state index in [2.05, 4.69) is 5.32 Å². The summed E-state index contributed by atoms with van der Waals surface area (Å²) in [7, 11) is 1.49. The van der Waals surface area contributed by atoms with Gasteiger partial charge in [0.2, 0.25) is 0 Å². The number of nitrogens with zero attached hydrogens (tertiary/aromatic N) is 2. The molecule has 0 aliphatic heterocycles. The molecule has 18 heavy (non-hydrogen) atoms. The largest absolute Gasteiger partial charge is 0.326 e. The van der Waals surface area contributed by atoms with Gasteiger partial charge in [-0.1, -0.05) is 0 Å². The van der Waals surface area contributed by atoms with Crippen molar-refractivity contribution < 1.29 is 13.6 Å². The molecule has 0 bridgehead atoms. The lowest BCUT2D eigenvalue weighted by Crippen LogP contribution is -2.34. The number of carbonyl (C=O) groups excluding carboxylic acids is 1. The summed E-state index contributed by atoms with van der Waals surface area (Å²) in [5.41, 5.74) is -0.0992. The van der Waals surface area contributed by atoms with Gasteiger partial charge in [-0.25, -0.2) is 13.6 Å². The first-order valence-corrected chi connectivity index (χ1v) is 5.31. The van der Waals surface area contributed by atoms with Gasteiger partial charge < -0.3 is 10.2 Å². The van der Waals surface area contributed by atoms with Crippen molar-refractivity contribution in [2.75, 3.05) is 18.9 Å². The molecular formula is C12H13F2N3O. The molecule has 1 atom stereocenters. The van der Waals surface area contributed by atoms with Gasteiger partial charge in [-0.15, -0.1) is 0 Å². The summed E-state index contributed by atoms with van der Waals surface area (Å²) < 4.78 is 25.9. The molecule has 1 aromatic carbocycles. The van der Waals surface area contributed by atoms with Crippen molar-refractivity contribution in [3.8, 4) is 6.07 Å². The molecule has 0 heterocycles. The third-order valence-corrected chi connectivity index (χ3v) is 2.29. The van der Waals surface area contributed by atoms with Crippen LogP contribution in [-0.2, 0) is 0 Å². The second kappa shape index (κ2) is 5.96. The third-order valence-electron chi connectivity index (χ3n) is 2.29. The van der Waals surface area contributed by atoms with E-state index in [0.717, 1.165) is 12.1 Å². The zero-order chi connectivity index (χ0) is 13.7. The maximum Gasteiger partial charge on any atom is 0.321 e. The van der Waals surface area contributed by atoms with Gasteiger partial charge in [-0.2, -0.15) is 5.26 Å². The summed E-state index contributed by atoms with van der Waals surface area (Å²) in [5.74, 6) is -1.87. The third kappa shape index (κ3) is 3.70. The zero-order valence-electron chi connectivity index (χ0n) is 10.1. The van der Waals surface area contributed by atoms with Crippen molar-refractivity contribution in [2.45, 2.75) is 6.92 Å². The Morgan fingerprint density at radius 2 is 2.22 bits per heavy atom. The van der Waals surface area contributed by atoms with E-state index in [9.17, 15) is 13.6 Å². The number of amides is 2. The van der Waals surface area contributed by atoms with E-state index in [0.29, 0.717) is 6.07 Å². The molecule has 0 fully saturated rings. The zero-order valence-corrected chi connectivity index (χ0v) is 10.1. The molecule has 2 amide bonds. The number of hydrogen-bond acceptors (Lipinski definition) is 2. The predicted octanol–water partition coefficient (Wildman–Crippen LogP) is 2.59. The number of hydrogen-bond donors (Lipinski definition) is 1. The molecule has 0 aromatic heterocycles. The minimum atomic E-state index is -0.843. The van der Waals surface area contributed by atoms with Gasteiger partial charge in [0.15, 0.2) is 0 Å². The number of carbonyl (C=O) groups is 1. The van der Waals surface area contributed by atoms with Crippen molar-refractivity contribution >= 4 is 11.7 Å². The second-order valence-corrected chi connectivity index (χ2v) is 3.96. The summed E-state index contributed by atoms with van der Waals surface area (Å²) in [6.45, 7) is 1.90. The number of halogens is 2. The standard InChI is InChI=1S/C12H13F2N3O/c1-8(6-15)7-17(2)12(18)16-11-4-3-9(13)5-10(11)14/h3-5,8H,7H2,1-2H3,(H,16,18). The van der Waals surface area contributed by atoms with Gasteiger partial charge in [0.1, 0.15) is 11.6 Å². The molecule has 0 radical (unpaired) electrons. The van der Waals surface area contributed by atoms with Crippen LogP contribution in [0.3, 0.4) is 0 Å². The Morgan fingerprint density at radius 1 is 1.56 bits per heavy atom. The first-order chi connectivity index (χ1) is 8.43. The predicted molar refractivity (Wildman–Crippen MR) is 62.8 cm³/mol. The van der Waals surface area contributed by atoms with Gasteiger partial charge in [-0.05, 0) is 19.1 Å². The van der Waals surface area contributed by atoms with E-state index in [-0.39, 0.29) is 18.2 Å². The van der Waals surface area contributed by atoms with Crippen LogP contribution >= 0.6 is 0 Å². The Morgan fingerprint density at radius 3 is 2.78 bits per heavy atom. The lowest BCUT2D eigenvalue weighted by Gasteiger charge is -2.19. The number of urea groups is 1. The fraction of sp³-hybridized carbons (Fsp3) is 0.333. The number of anilines is 1. The topological polar surface area (TPSA) is 56.1 Å². The molecule has 0 aliphatic carbocycles. The van der Waals surface area contributed by atoms with Gasteiger partial charge in [-0.3, -0.25) is 0 Å². The summed E-state index contributed by atoms with van der Waals surface area (Å²) in [4.78, 5) is 12.9. The molecule has 4 nitrogen and oxygen atoms in total. The normalized spacial score (nSPS) is 11.5. The van der Waals surface area contributed by atoms with Crippen LogP contribution in [0.15, 0.2) is 18.2 Å². The van der Waals surface area contributed by atoms with E-state index in [1.165, 1.54) is 11.9 Å². The number of nitrogens with one attached hydrogen (secondary N) is 1. The van der Waals surface area contributed by atoms with Gasteiger partial charge >= 0.3 is 6.03 Å². The molecule has 0 spiro atoms. The molecule has 0 saturated carbocycles. The Labute approximate surface area is 104 Å². The number of rotatable bonds is 3. The van der Waals surface area contributed by atoms with E-state index < -0.39 is 17.7 Å². The van der Waals surface area contributed by atoms with Crippen LogP contribution in [0.4, 0.5) is 19.3 Å². The monoisotopic (exact) mass is 253 g/mol. The molecule has 1 rings (SSSR count). The van der Waals surface area contributed by atoms with Gasteiger partial charge in [0, 0.05) is 19.7 Å². The summed E-state index contributed by atoms with van der Waals surface area (Å²) >= 11 is 0. The van der Waals surface area contributed by atoms with Crippen LogP contribution in [0.5, 0.6) is 0 Å². The van der Waals surface area contributed by atoms with Gasteiger partial charge in [0.25, 0.3) is 0 Å². The quantitative estimate of drug-likeness (QED) is 0.900. The highest BCUT2D eigenvalue weighted by Crippen LogP contribution is 2.15. The van der Waals surface area contributed by atoms with E-state index in [1.807, 2.05) is 6.07 Å². The maximum atomic E-state index is 13.3. The van der Waals surface area contributed by atoms with Crippen LogP contribution in [0, 0.1) is 28.9 Å². The molecule has 1 unspecified atom stereocenters. The summed E-state index contributed by atoms with van der Waals surface area (Å²) in [5, 5.41) is 10.9. The first-order valence-electron chi connectivity index (χ1n) is 5.31. The van der Waals surface area contributed by atoms with E-state index in [1.54, 1.807) is 6.92 Å². The van der Waals surface area contributed by atoms with Crippen molar-refractivity contribution in [2.24, 2.45) is 5.92 Å². The smallest absolute Gasteiger partial charge is 0.321 e. The van der Waals surface area contributed by atoms with Crippen molar-refractivity contribution in [1.82, 2.24) is 4.90 Å². The Balaban J connectivity index is 2.67. The molecule has 1 aromatic rings. The highest BCUT2D eigenvalue weighted by molar-refractivity contribution is 5.89. The van der Waals surface area contributed by atoms with E-state index in [4.69, 9.17) is 5.26 Å².